The Morgan fingerprint density at radius 2 is 1.86 bits per heavy atom. The Labute approximate surface area is 204 Å². The maximum Gasteiger partial charge on any atom is 0.247 e. The highest BCUT2D eigenvalue weighted by Gasteiger charge is 2.35. The predicted molar refractivity (Wildman–Crippen MR) is 136 cm³/mol. The molecule has 0 aliphatic carbocycles. The summed E-state index contributed by atoms with van der Waals surface area (Å²) in [6.07, 6.45) is 7.89. The van der Waals surface area contributed by atoms with Gasteiger partial charge in [0.15, 0.2) is 0 Å². The molecule has 2 aromatic heterocycles. The number of rotatable bonds is 7. The van der Waals surface area contributed by atoms with Gasteiger partial charge in [0, 0.05) is 44.2 Å². The van der Waals surface area contributed by atoms with Crippen molar-refractivity contribution in [2.24, 2.45) is 0 Å². The number of piperazine rings is 1. The van der Waals surface area contributed by atoms with Gasteiger partial charge in [-0.1, -0.05) is 37.6 Å². The molecule has 3 heterocycles. The van der Waals surface area contributed by atoms with E-state index in [4.69, 9.17) is 5.73 Å². The number of nitrogens with zero attached hydrogens (tertiary/aromatic N) is 3. The third-order valence-electron chi connectivity index (χ3n) is 6.10. The summed E-state index contributed by atoms with van der Waals surface area (Å²) in [5, 5.41) is 0. The molecule has 0 radical (unpaired) electrons. The quantitative estimate of drug-likeness (QED) is 0.514. The topological polar surface area (TPSA) is 112 Å². The van der Waals surface area contributed by atoms with Gasteiger partial charge in [0.1, 0.15) is 11.9 Å². The molecule has 0 unspecified atom stereocenters. The van der Waals surface area contributed by atoms with Crippen molar-refractivity contribution < 1.29 is 9.59 Å². The number of nitrogen functional groups attached to an aromatic ring is 1. The Bertz CT molecular complexity index is 1240. The van der Waals surface area contributed by atoms with Crippen LogP contribution in [0.15, 0.2) is 71.8 Å². The summed E-state index contributed by atoms with van der Waals surface area (Å²) in [6, 6.07) is 14.2. The molecule has 0 bridgehead atoms. The van der Waals surface area contributed by atoms with E-state index in [1.807, 2.05) is 36.1 Å². The molecule has 3 aromatic rings. The van der Waals surface area contributed by atoms with E-state index in [-0.39, 0.29) is 17.4 Å². The van der Waals surface area contributed by atoms with Crippen molar-refractivity contribution in [3.63, 3.8) is 0 Å². The van der Waals surface area contributed by atoms with Crippen LogP contribution in [0, 0.1) is 0 Å². The molecule has 0 saturated carbocycles. The van der Waals surface area contributed by atoms with Crippen molar-refractivity contribution in [2.45, 2.75) is 32.4 Å². The summed E-state index contributed by atoms with van der Waals surface area (Å²) in [5.74, 6) is 0.210. The highest BCUT2D eigenvalue weighted by atomic mass is 16.2. The van der Waals surface area contributed by atoms with Gasteiger partial charge in [0.2, 0.25) is 17.4 Å². The molecule has 2 amide bonds. The molecular formula is C27H29N5O3. The smallest absolute Gasteiger partial charge is 0.247 e. The lowest BCUT2D eigenvalue weighted by Gasteiger charge is -2.40. The average molecular weight is 472 g/mol. The van der Waals surface area contributed by atoms with Gasteiger partial charge < -0.3 is 20.5 Å². The van der Waals surface area contributed by atoms with Gasteiger partial charge >= 0.3 is 0 Å². The normalized spacial score (nSPS) is 16.1. The van der Waals surface area contributed by atoms with E-state index in [1.165, 1.54) is 12.1 Å². The van der Waals surface area contributed by atoms with E-state index < -0.39 is 6.04 Å². The van der Waals surface area contributed by atoms with E-state index >= 15 is 0 Å². The molecule has 8 heteroatoms. The Morgan fingerprint density at radius 3 is 2.51 bits per heavy atom. The molecule has 1 aromatic carbocycles. The number of carbonyl (C=O) groups excluding carboxylic acids is 2. The SMILES string of the molecule is CCC[C@H]1C(=O)N(Cc2ccc(-c3ccc(=O)[nH]c3)cc2)CCN1C(=O)C=Cc1ccc(N)nc1. The average Bonchev–Trinajstić information content (AvgIpc) is 2.87. The fourth-order valence-electron chi connectivity index (χ4n) is 4.20. The summed E-state index contributed by atoms with van der Waals surface area (Å²) in [5.41, 5.74) is 9.16. The number of carbonyl (C=O) groups is 2. The fraction of sp³-hybridized carbons (Fsp3) is 0.259. The first-order valence-electron chi connectivity index (χ1n) is 11.7. The second-order valence-electron chi connectivity index (χ2n) is 8.58. The summed E-state index contributed by atoms with van der Waals surface area (Å²) in [6.45, 7) is 3.46. The second-order valence-corrected chi connectivity index (χ2v) is 8.58. The van der Waals surface area contributed by atoms with Crippen molar-refractivity contribution >= 4 is 23.7 Å². The Balaban J connectivity index is 1.42. The van der Waals surface area contributed by atoms with Crippen LogP contribution in [-0.2, 0) is 16.1 Å². The monoisotopic (exact) mass is 471 g/mol. The van der Waals surface area contributed by atoms with Gasteiger partial charge in [-0.2, -0.15) is 0 Å². The van der Waals surface area contributed by atoms with Crippen LogP contribution in [0.1, 0.15) is 30.9 Å². The van der Waals surface area contributed by atoms with Crippen LogP contribution in [0.2, 0.25) is 0 Å². The number of aromatic nitrogens is 2. The molecule has 1 aliphatic heterocycles. The lowest BCUT2D eigenvalue weighted by Crippen LogP contribution is -2.58. The van der Waals surface area contributed by atoms with Crippen molar-refractivity contribution in [3.8, 4) is 11.1 Å². The molecule has 1 saturated heterocycles. The van der Waals surface area contributed by atoms with Gasteiger partial charge in [-0.05, 0) is 52.9 Å². The summed E-state index contributed by atoms with van der Waals surface area (Å²) < 4.78 is 0. The van der Waals surface area contributed by atoms with Crippen LogP contribution in [0.5, 0.6) is 0 Å². The molecular weight excluding hydrogens is 442 g/mol. The first-order chi connectivity index (χ1) is 16.9. The number of hydrogen-bond donors (Lipinski definition) is 2. The number of nitrogens with two attached hydrogens (primary N) is 1. The van der Waals surface area contributed by atoms with Crippen molar-refractivity contribution in [1.29, 1.82) is 0 Å². The number of anilines is 1. The van der Waals surface area contributed by atoms with Gasteiger partial charge in [0.05, 0.1) is 0 Å². The number of H-pyrrole nitrogens is 1. The third kappa shape index (κ3) is 5.84. The van der Waals surface area contributed by atoms with Gasteiger partial charge in [0.25, 0.3) is 0 Å². The van der Waals surface area contributed by atoms with Crippen LogP contribution in [0.4, 0.5) is 5.82 Å². The van der Waals surface area contributed by atoms with E-state index in [2.05, 4.69) is 9.97 Å². The van der Waals surface area contributed by atoms with Gasteiger partial charge in [-0.15, -0.1) is 0 Å². The molecule has 180 valence electrons. The molecule has 1 aliphatic rings. The third-order valence-corrected chi connectivity index (χ3v) is 6.10. The first kappa shape index (κ1) is 23.9. The fourth-order valence-corrected chi connectivity index (χ4v) is 4.20. The van der Waals surface area contributed by atoms with Crippen molar-refractivity contribution in [1.82, 2.24) is 19.8 Å². The number of hydrogen-bond acceptors (Lipinski definition) is 5. The lowest BCUT2D eigenvalue weighted by atomic mass is 10.0. The zero-order chi connectivity index (χ0) is 24.8. The minimum Gasteiger partial charge on any atom is -0.384 e. The highest BCUT2D eigenvalue weighted by molar-refractivity contribution is 5.96. The largest absolute Gasteiger partial charge is 0.384 e. The summed E-state index contributed by atoms with van der Waals surface area (Å²) in [4.78, 5) is 47.7. The maximum atomic E-state index is 13.3. The molecule has 4 rings (SSSR count). The zero-order valence-corrected chi connectivity index (χ0v) is 19.7. The molecule has 3 N–H and O–H groups in total. The summed E-state index contributed by atoms with van der Waals surface area (Å²) >= 11 is 0. The maximum absolute atomic E-state index is 13.3. The highest BCUT2D eigenvalue weighted by Crippen LogP contribution is 2.22. The zero-order valence-electron chi connectivity index (χ0n) is 19.7. The van der Waals surface area contributed by atoms with E-state index in [0.717, 1.165) is 28.7 Å². The van der Waals surface area contributed by atoms with Crippen LogP contribution >= 0.6 is 0 Å². The second kappa shape index (κ2) is 10.8. The molecule has 0 spiro atoms. The van der Waals surface area contributed by atoms with Gasteiger partial charge in [-0.3, -0.25) is 14.4 Å². The number of benzene rings is 1. The lowest BCUT2D eigenvalue weighted by molar-refractivity contribution is -0.150. The van der Waals surface area contributed by atoms with Gasteiger partial charge in [-0.25, -0.2) is 4.98 Å². The minimum atomic E-state index is -0.476. The number of amides is 2. The number of pyridine rings is 2. The van der Waals surface area contributed by atoms with Crippen molar-refractivity contribution in [2.75, 3.05) is 18.8 Å². The molecule has 1 atom stereocenters. The van der Waals surface area contributed by atoms with E-state index in [9.17, 15) is 14.4 Å². The van der Waals surface area contributed by atoms with E-state index in [1.54, 1.807) is 41.6 Å². The standard InChI is InChI=1S/C27H29N5O3/c1-2-3-23-27(35)31(14-15-32(23)26(34)13-7-19-6-11-24(28)29-16-19)18-20-4-8-21(9-5-20)22-10-12-25(33)30-17-22/h4-13,16-17,23H,2-3,14-15,18H2,1H3,(H2,28,29)(H,30,33)/t23-/m0/s1. The van der Waals surface area contributed by atoms with Crippen LogP contribution < -0.4 is 11.3 Å². The molecule has 35 heavy (non-hydrogen) atoms. The van der Waals surface area contributed by atoms with Crippen LogP contribution in [0.25, 0.3) is 17.2 Å². The molecule has 1 fully saturated rings. The van der Waals surface area contributed by atoms with Crippen molar-refractivity contribution in [3.05, 3.63) is 88.5 Å². The Morgan fingerprint density at radius 1 is 1.09 bits per heavy atom. The van der Waals surface area contributed by atoms with Crippen LogP contribution in [0.3, 0.4) is 0 Å². The Hall–Kier alpha value is -4.20. The summed E-state index contributed by atoms with van der Waals surface area (Å²) in [7, 11) is 0. The Kier molecular flexibility index (Phi) is 7.40. The predicted octanol–water partition coefficient (Wildman–Crippen LogP) is 3.07. The van der Waals surface area contributed by atoms with Crippen LogP contribution in [-0.4, -0.2) is 50.7 Å². The first-order valence-corrected chi connectivity index (χ1v) is 11.7. The van der Waals surface area contributed by atoms with E-state index in [0.29, 0.717) is 31.9 Å². The minimum absolute atomic E-state index is 0.0290. The number of nitrogens with one attached hydrogen (secondary N) is 1. The molecule has 8 nitrogen and oxygen atoms in total. The number of aromatic amines is 1.